The Bertz CT molecular complexity index is 181. The molecule has 0 fully saturated rings. The van der Waals surface area contributed by atoms with Crippen molar-refractivity contribution in [3.63, 3.8) is 0 Å². The number of nitrogens with one attached hydrogen (secondary N) is 1. The summed E-state index contributed by atoms with van der Waals surface area (Å²) in [6, 6.07) is 0. The maximum atomic E-state index is 11.9. The minimum absolute atomic E-state index is 0.0324. The number of aliphatic hydroxyl groups excluding tert-OH is 1. The van der Waals surface area contributed by atoms with Crippen LogP contribution in [0.4, 0.5) is 8.78 Å². The van der Waals surface area contributed by atoms with Crippen LogP contribution in [0.15, 0.2) is 0 Å². The van der Waals surface area contributed by atoms with E-state index in [4.69, 9.17) is 4.74 Å². The number of aliphatic hydroxyl groups is 1. The van der Waals surface area contributed by atoms with E-state index in [2.05, 4.69) is 5.32 Å². The van der Waals surface area contributed by atoms with E-state index in [1.54, 1.807) is 6.92 Å². The van der Waals surface area contributed by atoms with Gasteiger partial charge in [-0.05, 0) is 33.2 Å². The van der Waals surface area contributed by atoms with Crippen LogP contribution >= 0.6 is 0 Å². The highest BCUT2D eigenvalue weighted by Gasteiger charge is 2.25. The van der Waals surface area contributed by atoms with E-state index in [1.165, 1.54) is 0 Å². The summed E-state index contributed by atoms with van der Waals surface area (Å²) in [5, 5.41) is 12.5. The molecule has 0 rings (SSSR count). The third-order valence-electron chi connectivity index (χ3n) is 2.40. The highest BCUT2D eigenvalue weighted by atomic mass is 19.3. The average Bonchev–Trinajstić information content (AvgIpc) is 2.23. The van der Waals surface area contributed by atoms with Gasteiger partial charge in [-0.1, -0.05) is 6.92 Å². The van der Waals surface area contributed by atoms with E-state index >= 15 is 0 Å². The first-order valence-corrected chi connectivity index (χ1v) is 5.69. The first-order chi connectivity index (χ1) is 7.43. The number of rotatable bonds is 9. The Morgan fingerprint density at radius 3 is 2.50 bits per heavy atom. The predicted molar refractivity (Wildman–Crippen MR) is 59.8 cm³/mol. The zero-order valence-corrected chi connectivity index (χ0v) is 10.3. The predicted octanol–water partition coefficient (Wildman–Crippen LogP) is 1.80. The third kappa shape index (κ3) is 7.09. The number of halogens is 2. The molecule has 16 heavy (non-hydrogen) atoms. The topological polar surface area (TPSA) is 41.5 Å². The molecule has 5 heteroatoms. The molecule has 2 N–H and O–H groups in total. The van der Waals surface area contributed by atoms with Gasteiger partial charge in [-0.25, -0.2) is 8.78 Å². The highest BCUT2D eigenvalue weighted by molar-refractivity contribution is 4.84. The molecular formula is C11H23F2NO2. The lowest BCUT2D eigenvalue weighted by Gasteiger charge is -2.31. The number of ether oxygens (including phenoxy) is 1. The second-order valence-electron chi connectivity index (χ2n) is 4.38. The second-order valence-corrected chi connectivity index (χ2v) is 4.38. The summed E-state index contributed by atoms with van der Waals surface area (Å²) >= 11 is 0. The van der Waals surface area contributed by atoms with Crippen LogP contribution < -0.4 is 5.32 Å². The van der Waals surface area contributed by atoms with Gasteiger partial charge >= 0.3 is 0 Å². The number of alkyl halides is 2. The van der Waals surface area contributed by atoms with Crippen LogP contribution in [0.25, 0.3) is 0 Å². The van der Waals surface area contributed by atoms with Crippen molar-refractivity contribution in [2.75, 3.05) is 19.8 Å². The standard InChI is InChI=1S/C11H23F2NO2/c1-4-5-14-11(3,8-15)6-9(2)16-7-10(12)13/h9-10,14-15H,4-8H2,1-3H3. The molecule has 0 aromatic carbocycles. The summed E-state index contributed by atoms with van der Waals surface area (Å²) in [5.41, 5.74) is -0.461. The number of hydrogen-bond donors (Lipinski definition) is 2. The van der Waals surface area contributed by atoms with Crippen LogP contribution in [-0.4, -0.2) is 42.9 Å². The van der Waals surface area contributed by atoms with Crippen molar-refractivity contribution in [2.24, 2.45) is 0 Å². The second kappa shape index (κ2) is 7.92. The molecule has 0 amide bonds. The largest absolute Gasteiger partial charge is 0.394 e. The van der Waals surface area contributed by atoms with E-state index in [0.717, 1.165) is 13.0 Å². The molecule has 0 aromatic heterocycles. The van der Waals surface area contributed by atoms with Gasteiger partial charge in [0.05, 0.1) is 12.7 Å². The molecule has 0 aromatic rings. The van der Waals surface area contributed by atoms with Crippen molar-refractivity contribution < 1.29 is 18.6 Å². The first kappa shape index (κ1) is 15.7. The van der Waals surface area contributed by atoms with Gasteiger partial charge in [0.15, 0.2) is 0 Å². The Hall–Kier alpha value is -0.260. The molecular weight excluding hydrogens is 216 g/mol. The zero-order chi connectivity index (χ0) is 12.6. The molecule has 0 heterocycles. The molecule has 3 nitrogen and oxygen atoms in total. The molecule has 2 atom stereocenters. The Balaban J connectivity index is 3.98. The normalized spacial score (nSPS) is 17.4. The molecule has 0 radical (unpaired) electrons. The fourth-order valence-corrected chi connectivity index (χ4v) is 1.55. The monoisotopic (exact) mass is 239 g/mol. The van der Waals surface area contributed by atoms with Crippen molar-refractivity contribution >= 4 is 0 Å². The Morgan fingerprint density at radius 1 is 1.44 bits per heavy atom. The van der Waals surface area contributed by atoms with Crippen molar-refractivity contribution in [1.82, 2.24) is 5.32 Å². The lowest BCUT2D eigenvalue weighted by molar-refractivity contribution is -0.0323. The van der Waals surface area contributed by atoms with E-state index in [0.29, 0.717) is 6.42 Å². The molecule has 98 valence electrons. The van der Waals surface area contributed by atoms with E-state index in [-0.39, 0.29) is 12.7 Å². The van der Waals surface area contributed by atoms with Crippen LogP contribution in [0.5, 0.6) is 0 Å². The summed E-state index contributed by atoms with van der Waals surface area (Å²) < 4.78 is 28.8. The lowest BCUT2D eigenvalue weighted by atomic mass is 9.95. The molecule has 0 bridgehead atoms. The molecule has 0 aliphatic rings. The van der Waals surface area contributed by atoms with Crippen molar-refractivity contribution in [2.45, 2.75) is 51.7 Å². The van der Waals surface area contributed by atoms with Crippen LogP contribution in [-0.2, 0) is 4.74 Å². The Morgan fingerprint density at radius 2 is 2.06 bits per heavy atom. The molecule has 0 saturated carbocycles. The van der Waals surface area contributed by atoms with E-state index < -0.39 is 18.6 Å². The first-order valence-electron chi connectivity index (χ1n) is 5.69. The summed E-state index contributed by atoms with van der Waals surface area (Å²) in [5.74, 6) is 0. The number of hydrogen-bond acceptors (Lipinski definition) is 3. The summed E-state index contributed by atoms with van der Waals surface area (Å²) in [6.07, 6.45) is -1.26. The zero-order valence-electron chi connectivity index (χ0n) is 10.3. The fraction of sp³-hybridized carbons (Fsp3) is 1.00. The minimum atomic E-state index is -2.44. The van der Waals surface area contributed by atoms with Crippen LogP contribution in [0.3, 0.4) is 0 Å². The fourth-order valence-electron chi connectivity index (χ4n) is 1.55. The molecule has 0 aliphatic heterocycles. The van der Waals surface area contributed by atoms with E-state index in [9.17, 15) is 13.9 Å². The maximum absolute atomic E-state index is 11.9. The smallest absolute Gasteiger partial charge is 0.261 e. The van der Waals surface area contributed by atoms with Gasteiger partial charge in [-0.3, -0.25) is 0 Å². The van der Waals surface area contributed by atoms with Gasteiger partial charge < -0.3 is 15.2 Å². The van der Waals surface area contributed by atoms with Gasteiger partial charge in [0.1, 0.15) is 6.61 Å². The summed E-state index contributed by atoms with van der Waals surface area (Å²) in [7, 11) is 0. The van der Waals surface area contributed by atoms with Crippen LogP contribution in [0.1, 0.15) is 33.6 Å². The SMILES string of the molecule is CCCNC(C)(CO)CC(C)OCC(F)F. The van der Waals surface area contributed by atoms with Gasteiger partial charge in [0, 0.05) is 5.54 Å². The molecule has 0 aliphatic carbocycles. The van der Waals surface area contributed by atoms with Crippen LogP contribution in [0, 0.1) is 0 Å². The quantitative estimate of drug-likeness (QED) is 0.644. The van der Waals surface area contributed by atoms with Gasteiger partial charge in [0.2, 0.25) is 0 Å². The molecule has 0 spiro atoms. The van der Waals surface area contributed by atoms with Crippen molar-refractivity contribution in [3.05, 3.63) is 0 Å². The van der Waals surface area contributed by atoms with Crippen LogP contribution in [0.2, 0.25) is 0 Å². The highest BCUT2D eigenvalue weighted by Crippen LogP contribution is 2.14. The average molecular weight is 239 g/mol. The summed E-state index contributed by atoms with van der Waals surface area (Å²) in [6.45, 7) is 5.85. The van der Waals surface area contributed by atoms with Crippen molar-refractivity contribution in [3.8, 4) is 0 Å². The lowest BCUT2D eigenvalue weighted by Crippen LogP contribution is -2.48. The third-order valence-corrected chi connectivity index (χ3v) is 2.40. The Kier molecular flexibility index (Phi) is 7.80. The maximum Gasteiger partial charge on any atom is 0.261 e. The molecule has 0 saturated heterocycles. The minimum Gasteiger partial charge on any atom is -0.394 e. The van der Waals surface area contributed by atoms with E-state index in [1.807, 2.05) is 13.8 Å². The Labute approximate surface area is 96.2 Å². The van der Waals surface area contributed by atoms with Crippen molar-refractivity contribution in [1.29, 1.82) is 0 Å². The van der Waals surface area contributed by atoms with Gasteiger partial charge in [-0.2, -0.15) is 0 Å². The summed E-state index contributed by atoms with van der Waals surface area (Å²) in [4.78, 5) is 0. The molecule has 2 unspecified atom stereocenters. The van der Waals surface area contributed by atoms with Gasteiger partial charge in [-0.15, -0.1) is 0 Å². The van der Waals surface area contributed by atoms with Gasteiger partial charge in [0.25, 0.3) is 6.43 Å².